The van der Waals surface area contributed by atoms with E-state index in [2.05, 4.69) is 15.9 Å². The van der Waals surface area contributed by atoms with E-state index < -0.39 is 23.7 Å². The summed E-state index contributed by atoms with van der Waals surface area (Å²) in [6, 6.07) is 20.3. The van der Waals surface area contributed by atoms with Gasteiger partial charge in [0.2, 0.25) is 0 Å². The van der Waals surface area contributed by atoms with Crippen LogP contribution in [-0.2, 0) is 20.9 Å². The molecule has 1 aliphatic heterocycles. The van der Waals surface area contributed by atoms with Crippen LogP contribution >= 0.6 is 15.9 Å². The van der Waals surface area contributed by atoms with Crippen molar-refractivity contribution < 1.29 is 24.2 Å². The third-order valence-electron chi connectivity index (χ3n) is 5.87. The minimum Gasteiger partial charge on any atom is -0.507 e. The molecule has 6 nitrogen and oxygen atoms in total. The fourth-order valence-corrected chi connectivity index (χ4v) is 4.35. The van der Waals surface area contributed by atoms with E-state index in [1.165, 1.54) is 12.0 Å². The lowest BCUT2D eigenvalue weighted by Crippen LogP contribution is -2.29. The molecule has 1 unspecified atom stereocenters. The number of rotatable bonds is 5. The SMILES string of the molecule is COC(=O)c1ccc(CN2C(=O)C(=O)/C(=C(/O)c3ccc(Br)cc3)C2c2ccccc2C)cc1. The molecule has 7 heteroatoms. The maximum Gasteiger partial charge on any atom is 0.337 e. The zero-order chi connectivity index (χ0) is 24.4. The molecule has 0 aromatic heterocycles. The Labute approximate surface area is 205 Å². The average molecular weight is 520 g/mol. The molecule has 1 fully saturated rings. The standard InChI is InChI=1S/C27H22BrNO5/c1-16-5-3-4-6-21(16)23-22(24(30)18-11-13-20(28)14-12-18)25(31)26(32)29(23)15-17-7-9-19(10-8-17)27(33)34-2/h3-14,23,30H,15H2,1-2H3/b24-22+. The monoisotopic (exact) mass is 519 g/mol. The number of aliphatic hydroxyl groups is 1. The molecule has 1 N–H and O–H groups in total. The van der Waals surface area contributed by atoms with Crippen molar-refractivity contribution >= 4 is 39.3 Å². The van der Waals surface area contributed by atoms with Crippen LogP contribution < -0.4 is 0 Å². The number of hydrogen-bond donors (Lipinski definition) is 1. The maximum atomic E-state index is 13.2. The number of nitrogens with zero attached hydrogens (tertiary/aromatic N) is 1. The van der Waals surface area contributed by atoms with Gasteiger partial charge in [-0.25, -0.2) is 4.79 Å². The number of esters is 1. The number of methoxy groups -OCH3 is 1. The summed E-state index contributed by atoms with van der Waals surface area (Å²) in [6.07, 6.45) is 0. The normalized spacial score (nSPS) is 17.1. The predicted octanol–water partition coefficient (Wildman–Crippen LogP) is 5.17. The number of likely N-dealkylation sites (tertiary alicyclic amines) is 1. The van der Waals surface area contributed by atoms with Crippen molar-refractivity contribution in [3.05, 3.63) is 111 Å². The van der Waals surface area contributed by atoms with Crippen LogP contribution in [0.15, 0.2) is 82.8 Å². The molecule has 0 radical (unpaired) electrons. The highest BCUT2D eigenvalue weighted by Crippen LogP contribution is 2.41. The second-order valence-corrected chi connectivity index (χ2v) is 8.89. The van der Waals surface area contributed by atoms with Crippen LogP contribution in [0.25, 0.3) is 5.76 Å². The third kappa shape index (κ3) is 4.39. The van der Waals surface area contributed by atoms with Crippen LogP contribution in [0.2, 0.25) is 0 Å². The van der Waals surface area contributed by atoms with Gasteiger partial charge in [0.05, 0.1) is 24.3 Å². The van der Waals surface area contributed by atoms with Gasteiger partial charge in [0, 0.05) is 16.6 Å². The van der Waals surface area contributed by atoms with Crippen molar-refractivity contribution in [2.75, 3.05) is 7.11 Å². The van der Waals surface area contributed by atoms with E-state index in [-0.39, 0.29) is 17.9 Å². The first-order chi connectivity index (χ1) is 16.3. The Morgan fingerprint density at radius 3 is 2.21 bits per heavy atom. The molecule has 0 bridgehead atoms. The minimum absolute atomic E-state index is 0.0489. The lowest BCUT2D eigenvalue weighted by molar-refractivity contribution is -0.140. The fourth-order valence-electron chi connectivity index (χ4n) is 4.08. The topological polar surface area (TPSA) is 83.9 Å². The zero-order valence-electron chi connectivity index (χ0n) is 18.6. The molecule has 4 rings (SSSR count). The number of aliphatic hydroxyl groups excluding tert-OH is 1. The molecular formula is C27H22BrNO5. The Morgan fingerprint density at radius 2 is 1.59 bits per heavy atom. The van der Waals surface area contributed by atoms with Gasteiger partial charge in [0.25, 0.3) is 11.7 Å². The highest BCUT2D eigenvalue weighted by atomic mass is 79.9. The van der Waals surface area contributed by atoms with E-state index in [1.807, 2.05) is 31.2 Å². The van der Waals surface area contributed by atoms with E-state index in [4.69, 9.17) is 4.74 Å². The molecule has 1 aliphatic rings. The highest BCUT2D eigenvalue weighted by molar-refractivity contribution is 9.10. The van der Waals surface area contributed by atoms with Crippen LogP contribution in [0, 0.1) is 6.92 Å². The first kappa shape index (κ1) is 23.4. The number of carbonyl (C=O) groups excluding carboxylic acids is 3. The summed E-state index contributed by atoms with van der Waals surface area (Å²) in [4.78, 5) is 39.6. The number of hydrogen-bond acceptors (Lipinski definition) is 5. The Hall–Kier alpha value is -3.71. The van der Waals surface area contributed by atoms with Crippen LogP contribution in [0.3, 0.4) is 0 Å². The molecule has 1 amide bonds. The first-order valence-corrected chi connectivity index (χ1v) is 11.4. The van der Waals surface area contributed by atoms with Gasteiger partial charge in [-0.05, 0) is 47.9 Å². The third-order valence-corrected chi connectivity index (χ3v) is 6.40. The Bertz CT molecular complexity index is 1300. The first-order valence-electron chi connectivity index (χ1n) is 10.6. The van der Waals surface area contributed by atoms with Crippen molar-refractivity contribution in [1.29, 1.82) is 0 Å². The van der Waals surface area contributed by atoms with Crippen LogP contribution in [0.5, 0.6) is 0 Å². The highest BCUT2D eigenvalue weighted by Gasteiger charge is 2.46. The summed E-state index contributed by atoms with van der Waals surface area (Å²) in [5, 5.41) is 11.1. The number of carbonyl (C=O) groups is 3. The second-order valence-electron chi connectivity index (χ2n) is 7.98. The van der Waals surface area contributed by atoms with Gasteiger partial charge < -0.3 is 14.7 Å². The molecule has 1 saturated heterocycles. The van der Waals surface area contributed by atoms with Gasteiger partial charge in [0.1, 0.15) is 5.76 Å². The van der Waals surface area contributed by atoms with E-state index in [0.29, 0.717) is 11.1 Å². The molecular weight excluding hydrogens is 498 g/mol. The smallest absolute Gasteiger partial charge is 0.337 e. The Kier molecular flexibility index (Phi) is 6.65. The summed E-state index contributed by atoms with van der Waals surface area (Å²) in [6.45, 7) is 2.03. The van der Waals surface area contributed by atoms with E-state index in [0.717, 1.165) is 21.2 Å². The predicted molar refractivity (Wildman–Crippen MR) is 131 cm³/mol. The Morgan fingerprint density at radius 1 is 0.971 bits per heavy atom. The van der Waals surface area contributed by atoms with Gasteiger partial charge >= 0.3 is 5.97 Å². The number of Topliss-reactive ketones (excluding diaryl/α,β-unsaturated/α-hetero) is 1. The largest absolute Gasteiger partial charge is 0.507 e. The van der Waals surface area contributed by atoms with Crippen molar-refractivity contribution in [1.82, 2.24) is 4.90 Å². The molecule has 3 aromatic rings. The number of halogens is 1. The summed E-state index contributed by atoms with van der Waals surface area (Å²) in [5.74, 6) is -2.10. The van der Waals surface area contributed by atoms with Crippen molar-refractivity contribution in [2.24, 2.45) is 0 Å². The lowest BCUT2D eigenvalue weighted by atomic mass is 9.92. The van der Waals surface area contributed by atoms with Gasteiger partial charge in [-0.15, -0.1) is 0 Å². The summed E-state index contributed by atoms with van der Waals surface area (Å²) in [5.41, 5.74) is 3.26. The van der Waals surface area contributed by atoms with Crippen molar-refractivity contribution in [3.8, 4) is 0 Å². The van der Waals surface area contributed by atoms with E-state index in [9.17, 15) is 19.5 Å². The number of ketones is 1. The van der Waals surface area contributed by atoms with E-state index >= 15 is 0 Å². The summed E-state index contributed by atoms with van der Waals surface area (Å²) >= 11 is 3.37. The summed E-state index contributed by atoms with van der Waals surface area (Å²) < 4.78 is 5.56. The number of benzene rings is 3. The van der Waals surface area contributed by atoms with Gasteiger partial charge in [-0.3, -0.25) is 9.59 Å². The van der Waals surface area contributed by atoms with E-state index in [1.54, 1.807) is 48.5 Å². The van der Waals surface area contributed by atoms with Gasteiger partial charge in [-0.2, -0.15) is 0 Å². The molecule has 3 aromatic carbocycles. The van der Waals surface area contributed by atoms with Crippen LogP contribution in [-0.4, -0.2) is 34.8 Å². The molecule has 34 heavy (non-hydrogen) atoms. The maximum absolute atomic E-state index is 13.2. The van der Waals surface area contributed by atoms with Gasteiger partial charge in [0.15, 0.2) is 0 Å². The molecule has 1 atom stereocenters. The fraction of sp³-hybridized carbons (Fsp3) is 0.148. The van der Waals surface area contributed by atoms with Crippen LogP contribution in [0.1, 0.15) is 38.7 Å². The van der Waals surface area contributed by atoms with Crippen molar-refractivity contribution in [3.63, 3.8) is 0 Å². The Balaban J connectivity index is 1.81. The number of aryl methyl sites for hydroxylation is 1. The average Bonchev–Trinajstić information content (AvgIpc) is 3.09. The van der Waals surface area contributed by atoms with Gasteiger partial charge in [-0.1, -0.05) is 64.5 Å². The number of amides is 1. The van der Waals surface area contributed by atoms with Crippen molar-refractivity contribution in [2.45, 2.75) is 19.5 Å². The lowest BCUT2D eigenvalue weighted by Gasteiger charge is -2.26. The molecule has 0 saturated carbocycles. The van der Waals surface area contributed by atoms with Crippen LogP contribution in [0.4, 0.5) is 0 Å². The molecule has 1 heterocycles. The molecule has 172 valence electrons. The molecule has 0 aliphatic carbocycles. The quantitative estimate of drug-likeness (QED) is 0.217. The zero-order valence-corrected chi connectivity index (χ0v) is 20.2. The minimum atomic E-state index is -0.759. The number of ether oxygens (including phenoxy) is 1. The summed E-state index contributed by atoms with van der Waals surface area (Å²) in [7, 11) is 1.31. The molecule has 0 spiro atoms. The second kappa shape index (κ2) is 9.65.